The van der Waals surface area contributed by atoms with Crippen molar-refractivity contribution < 1.29 is 8.94 Å². The van der Waals surface area contributed by atoms with E-state index in [1.165, 1.54) is 0 Å². The number of nitrogens with zero attached hydrogens (tertiary/aromatic N) is 2. The van der Waals surface area contributed by atoms with Gasteiger partial charge in [-0.2, -0.15) is 4.98 Å². The van der Waals surface area contributed by atoms with E-state index in [2.05, 4.69) is 15.5 Å². The van der Waals surface area contributed by atoms with Gasteiger partial charge in [-0.3, -0.25) is 0 Å². The molecule has 0 radical (unpaired) electrons. The van der Waals surface area contributed by atoms with Crippen LogP contribution in [0.4, 0.5) is 6.01 Å². The first-order valence-electron chi connectivity index (χ1n) is 4.00. The fraction of sp³-hybridized carbons (Fsp3) is 0.250. The maximum absolute atomic E-state index is 4.91. The summed E-state index contributed by atoms with van der Waals surface area (Å²) in [5, 5.41) is 6.69. The lowest BCUT2D eigenvalue weighted by molar-refractivity contribution is 0.432. The zero-order chi connectivity index (χ0) is 9.10. The second-order valence-electron chi connectivity index (χ2n) is 2.47. The topological polar surface area (TPSA) is 64.1 Å². The van der Waals surface area contributed by atoms with Crippen molar-refractivity contribution in [2.75, 3.05) is 11.9 Å². The maximum Gasteiger partial charge on any atom is 0.321 e. The van der Waals surface area contributed by atoms with Crippen LogP contribution in [0, 0.1) is 0 Å². The molecular formula is C8H9N3O2. The number of furan rings is 1. The standard InChI is InChI=1S/C8H9N3O2/c1-2-9-8-10-7(11-13-8)6-3-4-12-5-6/h3-5H,2H2,1H3,(H,9,10,11). The van der Waals surface area contributed by atoms with Gasteiger partial charge in [-0.1, -0.05) is 5.16 Å². The van der Waals surface area contributed by atoms with E-state index >= 15 is 0 Å². The number of hydrogen-bond acceptors (Lipinski definition) is 5. The van der Waals surface area contributed by atoms with Crippen LogP contribution in [0.5, 0.6) is 0 Å². The summed E-state index contributed by atoms with van der Waals surface area (Å²) in [5.74, 6) is 0.532. The van der Waals surface area contributed by atoms with Gasteiger partial charge in [-0.05, 0) is 13.0 Å². The lowest BCUT2D eigenvalue weighted by Gasteiger charge is -1.89. The highest BCUT2D eigenvalue weighted by molar-refractivity contribution is 5.52. The van der Waals surface area contributed by atoms with Gasteiger partial charge in [0.05, 0.1) is 11.8 Å². The van der Waals surface area contributed by atoms with Crippen molar-refractivity contribution in [2.24, 2.45) is 0 Å². The molecule has 68 valence electrons. The van der Waals surface area contributed by atoms with Crippen molar-refractivity contribution in [3.63, 3.8) is 0 Å². The third kappa shape index (κ3) is 1.53. The number of nitrogens with one attached hydrogen (secondary N) is 1. The molecule has 0 atom stereocenters. The third-order valence-electron chi connectivity index (χ3n) is 1.53. The predicted molar refractivity (Wildman–Crippen MR) is 46.2 cm³/mol. The lowest BCUT2D eigenvalue weighted by Crippen LogP contribution is -1.95. The van der Waals surface area contributed by atoms with Crippen molar-refractivity contribution in [2.45, 2.75) is 6.92 Å². The lowest BCUT2D eigenvalue weighted by atomic mass is 10.3. The van der Waals surface area contributed by atoms with Gasteiger partial charge >= 0.3 is 6.01 Å². The molecule has 0 saturated carbocycles. The Bertz CT molecular complexity index is 366. The first-order valence-corrected chi connectivity index (χ1v) is 4.00. The van der Waals surface area contributed by atoms with Gasteiger partial charge < -0.3 is 14.3 Å². The van der Waals surface area contributed by atoms with Crippen LogP contribution in [-0.4, -0.2) is 16.7 Å². The van der Waals surface area contributed by atoms with Gasteiger partial charge in [-0.25, -0.2) is 0 Å². The molecule has 2 heterocycles. The van der Waals surface area contributed by atoms with E-state index in [-0.39, 0.29) is 0 Å². The Morgan fingerprint density at radius 3 is 3.15 bits per heavy atom. The molecule has 0 aliphatic carbocycles. The van der Waals surface area contributed by atoms with E-state index in [9.17, 15) is 0 Å². The summed E-state index contributed by atoms with van der Waals surface area (Å²) < 4.78 is 9.81. The SMILES string of the molecule is CCNc1nc(-c2ccoc2)no1. The minimum atomic E-state index is 0.429. The number of aromatic nitrogens is 2. The van der Waals surface area contributed by atoms with Crippen LogP contribution >= 0.6 is 0 Å². The molecule has 1 N–H and O–H groups in total. The van der Waals surface area contributed by atoms with E-state index in [1.807, 2.05) is 6.92 Å². The van der Waals surface area contributed by atoms with Crippen LogP contribution in [-0.2, 0) is 0 Å². The summed E-state index contributed by atoms with van der Waals surface area (Å²) in [6, 6.07) is 2.21. The van der Waals surface area contributed by atoms with E-state index in [4.69, 9.17) is 8.94 Å². The predicted octanol–water partition coefficient (Wildman–Crippen LogP) is 1.76. The molecule has 5 heteroatoms. The molecule has 0 fully saturated rings. The highest BCUT2D eigenvalue weighted by Gasteiger charge is 2.07. The number of rotatable bonds is 3. The summed E-state index contributed by atoms with van der Waals surface area (Å²) in [7, 11) is 0. The first-order chi connectivity index (χ1) is 6.40. The quantitative estimate of drug-likeness (QED) is 0.777. The molecule has 5 nitrogen and oxygen atoms in total. The Morgan fingerprint density at radius 2 is 2.46 bits per heavy atom. The van der Waals surface area contributed by atoms with Crippen molar-refractivity contribution in [3.8, 4) is 11.4 Å². The Kier molecular flexibility index (Phi) is 1.99. The molecule has 13 heavy (non-hydrogen) atoms. The average Bonchev–Trinajstić information content (AvgIpc) is 2.70. The van der Waals surface area contributed by atoms with E-state index in [0.29, 0.717) is 11.8 Å². The zero-order valence-electron chi connectivity index (χ0n) is 7.15. The minimum absolute atomic E-state index is 0.429. The second-order valence-corrected chi connectivity index (χ2v) is 2.47. The zero-order valence-corrected chi connectivity index (χ0v) is 7.15. The second kappa shape index (κ2) is 3.30. The maximum atomic E-state index is 4.91. The summed E-state index contributed by atoms with van der Waals surface area (Å²) in [5.41, 5.74) is 0.813. The van der Waals surface area contributed by atoms with E-state index in [1.54, 1.807) is 18.6 Å². The highest BCUT2D eigenvalue weighted by Crippen LogP contribution is 2.17. The monoisotopic (exact) mass is 179 g/mol. The molecule has 0 saturated heterocycles. The van der Waals surface area contributed by atoms with E-state index in [0.717, 1.165) is 12.1 Å². The first kappa shape index (κ1) is 7.85. The molecule has 0 spiro atoms. The molecule has 0 aliphatic heterocycles. The fourth-order valence-corrected chi connectivity index (χ4v) is 0.955. The molecular weight excluding hydrogens is 170 g/mol. The average molecular weight is 179 g/mol. The van der Waals surface area contributed by atoms with Crippen molar-refractivity contribution in [1.29, 1.82) is 0 Å². The van der Waals surface area contributed by atoms with Crippen LogP contribution in [0.25, 0.3) is 11.4 Å². The Morgan fingerprint density at radius 1 is 1.54 bits per heavy atom. The minimum Gasteiger partial charge on any atom is -0.472 e. The van der Waals surface area contributed by atoms with Gasteiger partial charge in [0.15, 0.2) is 0 Å². The Labute approximate surface area is 74.7 Å². The van der Waals surface area contributed by atoms with Gasteiger partial charge in [0.1, 0.15) is 6.26 Å². The summed E-state index contributed by atoms with van der Waals surface area (Å²) in [6.45, 7) is 2.72. The van der Waals surface area contributed by atoms with Gasteiger partial charge in [-0.15, -0.1) is 0 Å². The number of anilines is 1. The smallest absolute Gasteiger partial charge is 0.321 e. The van der Waals surface area contributed by atoms with Gasteiger partial charge in [0.25, 0.3) is 0 Å². The summed E-state index contributed by atoms with van der Waals surface area (Å²) >= 11 is 0. The van der Waals surface area contributed by atoms with Crippen LogP contribution in [0.1, 0.15) is 6.92 Å². The molecule has 0 aliphatic rings. The normalized spacial score (nSPS) is 10.2. The van der Waals surface area contributed by atoms with Crippen LogP contribution in [0.3, 0.4) is 0 Å². The third-order valence-corrected chi connectivity index (χ3v) is 1.53. The van der Waals surface area contributed by atoms with Crippen molar-refractivity contribution in [1.82, 2.24) is 10.1 Å². The van der Waals surface area contributed by atoms with Crippen LogP contribution in [0.2, 0.25) is 0 Å². The molecule has 0 unspecified atom stereocenters. The Hall–Kier alpha value is -1.78. The van der Waals surface area contributed by atoms with Gasteiger partial charge in [0, 0.05) is 6.54 Å². The fourth-order valence-electron chi connectivity index (χ4n) is 0.955. The summed E-state index contributed by atoms with van der Waals surface area (Å²) in [4.78, 5) is 4.09. The largest absolute Gasteiger partial charge is 0.472 e. The molecule has 0 bridgehead atoms. The highest BCUT2D eigenvalue weighted by atomic mass is 16.5. The molecule has 2 aromatic heterocycles. The van der Waals surface area contributed by atoms with E-state index < -0.39 is 0 Å². The van der Waals surface area contributed by atoms with Crippen LogP contribution in [0.15, 0.2) is 27.5 Å². The number of hydrogen-bond donors (Lipinski definition) is 1. The van der Waals surface area contributed by atoms with Gasteiger partial charge in [0.2, 0.25) is 5.82 Å². The summed E-state index contributed by atoms with van der Waals surface area (Å²) in [6.07, 6.45) is 3.14. The van der Waals surface area contributed by atoms with Crippen molar-refractivity contribution >= 4 is 6.01 Å². The molecule has 2 aromatic rings. The Balaban J connectivity index is 2.23. The van der Waals surface area contributed by atoms with Crippen molar-refractivity contribution in [3.05, 3.63) is 18.6 Å². The van der Waals surface area contributed by atoms with Crippen LogP contribution < -0.4 is 5.32 Å². The molecule has 2 rings (SSSR count). The molecule has 0 aromatic carbocycles. The molecule has 0 amide bonds.